The van der Waals surface area contributed by atoms with Gasteiger partial charge in [-0.25, -0.2) is 0 Å². The molecular weight excluding hydrogens is 376 g/mol. The number of rotatable bonds is 5. The first-order chi connectivity index (χ1) is 14.6. The predicted octanol–water partition coefficient (Wildman–Crippen LogP) is 3.16. The third-order valence-electron chi connectivity index (χ3n) is 7.20. The lowest BCUT2D eigenvalue weighted by atomic mass is 9.85. The van der Waals surface area contributed by atoms with Crippen LogP contribution in [0.4, 0.5) is 0 Å². The van der Waals surface area contributed by atoms with E-state index in [-0.39, 0.29) is 0 Å². The first-order valence-electron chi connectivity index (χ1n) is 11.6. The number of nitrogens with zero attached hydrogens (tertiary/aromatic N) is 3. The Labute approximate surface area is 181 Å². The van der Waals surface area contributed by atoms with E-state index in [0.717, 1.165) is 57.6 Å². The maximum absolute atomic E-state index is 5.72. The Morgan fingerprint density at radius 3 is 2.80 bits per heavy atom. The molecule has 0 amide bonds. The second kappa shape index (κ2) is 9.56. The van der Waals surface area contributed by atoms with Crippen LogP contribution in [0.25, 0.3) is 0 Å². The number of piperidine rings is 1. The van der Waals surface area contributed by atoms with Gasteiger partial charge >= 0.3 is 0 Å². The number of nitrogens with one attached hydrogen (secondary N) is 1. The molecule has 3 saturated heterocycles. The van der Waals surface area contributed by atoms with Gasteiger partial charge in [0.15, 0.2) is 5.96 Å². The van der Waals surface area contributed by atoms with E-state index in [1.807, 2.05) is 0 Å². The Bertz CT molecular complexity index is 714. The summed E-state index contributed by atoms with van der Waals surface area (Å²) < 4.78 is 11.1. The van der Waals surface area contributed by atoms with Crippen molar-refractivity contribution in [2.45, 2.75) is 38.6 Å². The molecule has 3 atom stereocenters. The van der Waals surface area contributed by atoms with Crippen LogP contribution in [0.2, 0.25) is 0 Å². The van der Waals surface area contributed by atoms with E-state index in [2.05, 4.69) is 53.4 Å². The molecule has 3 fully saturated rings. The molecule has 0 bridgehead atoms. The summed E-state index contributed by atoms with van der Waals surface area (Å²) in [6.45, 7) is 9.07. The van der Waals surface area contributed by atoms with Crippen LogP contribution in [-0.4, -0.2) is 75.9 Å². The number of methoxy groups -OCH3 is 1. The van der Waals surface area contributed by atoms with Crippen molar-refractivity contribution in [3.63, 3.8) is 0 Å². The van der Waals surface area contributed by atoms with Crippen LogP contribution in [-0.2, 0) is 4.74 Å². The molecule has 3 heterocycles. The quantitative estimate of drug-likeness (QED) is 0.592. The molecule has 3 aliphatic rings. The largest absolute Gasteiger partial charge is 0.497 e. The number of ether oxygens (including phenoxy) is 2. The standard InChI is InChI=1S/C24H38N4O2/c1-4-25-23(28-14-11-24(17-28)12-15-30-18-24)26-16-20-6-5-13-27(2)22(20)19-7-9-21(29-3)10-8-19/h7-10,20,22H,4-6,11-18H2,1-3H3,(H,25,26). The van der Waals surface area contributed by atoms with Crippen molar-refractivity contribution in [1.29, 1.82) is 0 Å². The van der Waals surface area contributed by atoms with Crippen molar-refractivity contribution in [1.82, 2.24) is 15.1 Å². The number of likely N-dealkylation sites (tertiary alicyclic amines) is 2. The topological polar surface area (TPSA) is 49.3 Å². The molecule has 30 heavy (non-hydrogen) atoms. The molecule has 166 valence electrons. The molecule has 6 heteroatoms. The summed E-state index contributed by atoms with van der Waals surface area (Å²) in [6, 6.07) is 9.00. The van der Waals surface area contributed by atoms with E-state index < -0.39 is 0 Å². The van der Waals surface area contributed by atoms with Crippen molar-refractivity contribution in [3.05, 3.63) is 29.8 Å². The number of benzene rings is 1. The van der Waals surface area contributed by atoms with Gasteiger partial charge in [0, 0.05) is 44.2 Å². The maximum Gasteiger partial charge on any atom is 0.193 e. The average molecular weight is 415 g/mol. The third kappa shape index (κ3) is 4.59. The zero-order valence-electron chi connectivity index (χ0n) is 18.9. The molecule has 4 rings (SSSR count). The molecule has 1 N–H and O–H groups in total. The fourth-order valence-corrected chi connectivity index (χ4v) is 5.50. The van der Waals surface area contributed by atoms with Crippen molar-refractivity contribution in [3.8, 4) is 5.75 Å². The zero-order valence-corrected chi connectivity index (χ0v) is 18.9. The molecule has 6 nitrogen and oxygen atoms in total. The highest BCUT2D eigenvalue weighted by Crippen LogP contribution is 2.39. The zero-order chi connectivity index (χ0) is 21.0. The summed E-state index contributed by atoms with van der Waals surface area (Å²) in [4.78, 5) is 10.1. The summed E-state index contributed by atoms with van der Waals surface area (Å²) in [5.74, 6) is 2.53. The van der Waals surface area contributed by atoms with Crippen molar-refractivity contribution >= 4 is 5.96 Å². The Morgan fingerprint density at radius 1 is 1.27 bits per heavy atom. The Balaban J connectivity index is 1.48. The highest BCUT2D eigenvalue weighted by atomic mass is 16.5. The minimum absolute atomic E-state index is 0.354. The summed E-state index contributed by atoms with van der Waals surface area (Å²) in [7, 11) is 3.97. The maximum atomic E-state index is 5.72. The second-order valence-corrected chi connectivity index (χ2v) is 9.27. The highest BCUT2D eigenvalue weighted by molar-refractivity contribution is 5.80. The smallest absolute Gasteiger partial charge is 0.193 e. The summed E-state index contributed by atoms with van der Waals surface area (Å²) in [6.07, 6.45) is 4.87. The van der Waals surface area contributed by atoms with E-state index in [1.54, 1.807) is 7.11 Å². The molecule has 0 radical (unpaired) electrons. The van der Waals surface area contributed by atoms with Gasteiger partial charge in [0.2, 0.25) is 0 Å². The molecule has 0 saturated carbocycles. The molecule has 1 aromatic carbocycles. The van der Waals surface area contributed by atoms with E-state index in [0.29, 0.717) is 17.4 Å². The van der Waals surface area contributed by atoms with Gasteiger partial charge in [0.25, 0.3) is 0 Å². The van der Waals surface area contributed by atoms with Gasteiger partial charge in [-0.15, -0.1) is 0 Å². The number of aliphatic imine (C=N–C) groups is 1. The normalized spacial score (nSPS) is 30.2. The summed E-state index contributed by atoms with van der Waals surface area (Å²) in [5, 5.41) is 3.56. The average Bonchev–Trinajstić information content (AvgIpc) is 3.41. The van der Waals surface area contributed by atoms with Gasteiger partial charge in [-0.3, -0.25) is 9.89 Å². The van der Waals surface area contributed by atoms with Gasteiger partial charge in [0.1, 0.15) is 5.75 Å². The first-order valence-corrected chi connectivity index (χ1v) is 11.6. The first kappa shape index (κ1) is 21.4. The Hall–Kier alpha value is -1.79. The molecule has 3 aliphatic heterocycles. The van der Waals surface area contributed by atoms with Crippen molar-refractivity contribution in [2.75, 3.05) is 60.1 Å². The van der Waals surface area contributed by atoms with Crippen LogP contribution in [0.5, 0.6) is 5.75 Å². The van der Waals surface area contributed by atoms with Crippen molar-refractivity contribution in [2.24, 2.45) is 16.3 Å². The molecule has 1 spiro atoms. The van der Waals surface area contributed by atoms with E-state index >= 15 is 0 Å². The molecule has 3 unspecified atom stereocenters. The van der Waals surface area contributed by atoms with E-state index in [4.69, 9.17) is 14.5 Å². The molecule has 1 aromatic rings. The molecule has 0 aliphatic carbocycles. The minimum Gasteiger partial charge on any atom is -0.497 e. The van der Waals surface area contributed by atoms with Gasteiger partial charge in [0.05, 0.1) is 13.7 Å². The van der Waals surface area contributed by atoms with Crippen LogP contribution in [0, 0.1) is 11.3 Å². The van der Waals surface area contributed by atoms with E-state index in [1.165, 1.54) is 31.2 Å². The lowest BCUT2D eigenvalue weighted by Crippen LogP contribution is -2.42. The summed E-state index contributed by atoms with van der Waals surface area (Å²) in [5.41, 5.74) is 1.72. The van der Waals surface area contributed by atoms with Crippen LogP contribution in [0.3, 0.4) is 0 Å². The van der Waals surface area contributed by atoms with Crippen LogP contribution < -0.4 is 10.1 Å². The van der Waals surface area contributed by atoms with Crippen molar-refractivity contribution < 1.29 is 9.47 Å². The van der Waals surface area contributed by atoms with Gasteiger partial charge in [-0.2, -0.15) is 0 Å². The van der Waals surface area contributed by atoms with E-state index in [9.17, 15) is 0 Å². The van der Waals surface area contributed by atoms with Crippen LogP contribution in [0.15, 0.2) is 29.3 Å². The SMILES string of the molecule is CCNC(=NCC1CCCN(C)C1c1ccc(OC)cc1)N1CCC2(CCOC2)C1. The highest BCUT2D eigenvalue weighted by Gasteiger charge is 2.42. The lowest BCUT2D eigenvalue weighted by molar-refractivity contribution is 0.125. The predicted molar refractivity (Wildman–Crippen MR) is 121 cm³/mol. The number of guanidine groups is 1. The Morgan fingerprint density at radius 2 is 2.10 bits per heavy atom. The summed E-state index contributed by atoms with van der Waals surface area (Å²) >= 11 is 0. The van der Waals surface area contributed by atoms with Crippen LogP contribution >= 0.6 is 0 Å². The van der Waals surface area contributed by atoms with Crippen LogP contribution in [0.1, 0.15) is 44.2 Å². The van der Waals surface area contributed by atoms with Gasteiger partial charge in [-0.1, -0.05) is 12.1 Å². The van der Waals surface area contributed by atoms with Gasteiger partial charge < -0.3 is 19.7 Å². The van der Waals surface area contributed by atoms with Gasteiger partial charge in [-0.05, 0) is 69.8 Å². The molecular formula is C24H38N4O2. The fraction of sp³-hybridized carbons (Fsp3) is 0.708. The number of hydrogen-bond acceptors (Lipinski definition) is 4. The Kier molecular flexibility index (Phi) is 6.84. The lowest BCUT2D eigenvalue weighted by Gasteiger charge is -2.39. The minimum atomic E-state index is 0.354. The number of hydrogen-bond donors (Lipinski definition) is 1. The second-order valence-electron chi connectivity index (χ2n) is 9.27. The fourth-order valence-electron chi connectivity index (χ4n) is 5.50. The molecule has 0 aromatic heterocycles. The monoisotopic (exact) mass is 414 g/mol. The third-order valence-corrected chi connectivity index (χ3v) is 7.20.